The van der Waals surface area contributed by atoms with Crippen LogP contribution in [0.15, 0.2) is 39.9 Å². The Labute approximate surface area is 140 Å². The summed E-state index contributed by atoms with van der Waals surface area (Å²) in [6.07, 6.45) is 2.05. The van der Waals surface area contributed by atoms with Gasteiger partial charge in [-0.1, -0.05) is 19.0 Å². The highest BCUT2D eigenvalue weighted by molar-refractivity contribution is 7.92. The van der Waals surface area contributed by atoms with Gasteiger partial charge in [-0.25, -0.2) is 8.42 Å². The second-order valence-corrected chi connectivity index (χ2v) is 8.16. The normalized spacial score (nSPS) is 16.5. The van der Waals surface area contributed by atoms with Crippen molar-refractivity contribution in [2.24, 2.45) is 0 Å². The summed E-state index contributed by atoms with van der Waals surface area (Å²) >= 11 is 0. The van der Waals surface area contributed by atoms with Gasteiger partial charge in [-0.3, -0.25) is 9.52 Å². The number of rotatable bonds is 3. The minimum atomic E-state index is -3.78. The predicted octanol–water partition coefficient (Wildman–Crippen LogP) is 2.51. The van der Waals surface area contributed by atoms with Crippen LogP contribution in [0.1, 0.15) is 32.8 Å². The van der Waals surface area contributed by atoms with E-state index in [1.54, 1.807) is 17.0 Å². The number of nitrogens with zero attached hydrogens (tertiary/aromatic N) is 2. The maximum absolute atomic E-state index is 12.5. The fourth-order valence-electron chi connectivity index (χ4n) is 2.90. The Morgan fingerprint density at radius 1 is 1.33 bits per heavy atom. The molecule has 1 aliphatic heterocycles. The van der Waals surface area contributed by atoms with E-state index in [9.17, 15) is 13.2 Å². The third-order valence-corrected chi connectivity index (χ3v) is 5.67. The zero-order valence-electron chi connectivity index (χ0n) is 13.7. The zero-order chi connectivity index (χ0) is 17.5. The monoisotopic (exact) mass is 349 g/mol. The molecule has 3 rings (SSSR count). The lowest BCUT2D eigenvalue weighted by Gasteiger charge is -2.39. The van der Waals surface area contributed by atoms with Crippen LogP contribution in [0.3, 0.4) is 0 Å². The van der Waals surface area contributed by atoms with Gasteiger partial charge in [0.2, 0.25) is 5.91 Å². The molecular weight excluding hydrogens is 330 g/mol. The molecule has 0 bridgehead atoms. The molecule has 24 heavy (non-hydrogen) atoms. The van der Waals surface area contributed by atoms with Crippen LogP contribution in [-0.4, -0.2) is 26.0 Å². The van der Waals surface area contributed by atoms with Crippen LogP contribution in [0.5, 0.6) is 0 Å². The molecule has 2 heterocycles. The molecule has 0 fully saturated rings. The first-order chi connectivity index (χ1) is 11.2. The second-order valence-electron chi connectivity index (χ2n) is 6.47. The molecule has 0 saturated heterocycles. The van der Waals surface area contributed by atoms with Crippen molar-refractivity contribution in [1.29, 1.82) is 0 Å². The van der Waals surface area contributed by atoms with E-state index in [0.717, 1.165) is 17.7 Å². The molecule has 0 aliphatic carbocycles. The molecule has 0 unspecified atom stereocenters. The van der Waals surface area contributed by atoms with Crippen LogP contribution < -0.4 is 9.62 Å². The molecule has 1 amide bonds. The van der Waals surface area contributed by atoms with Crippen LogP contribution in [0.25, 0.3) is 0 Å². The van der Waals surface area contributed by atoms with E-state index >= 15 is 0 Å². The number of carbonyl (C=O) groups excluding carboxylic acids is 1. The van der Waals surface area contributed by atoms with E-state index in [-0.39, 0.29) is 22.0 Å². The molecule has 8 heteroatoms. The van der Waals surface area contributed by atoms with Crippen molar-refractivity contribution in [2.75, 3.05) is 16.2 Å². The topological polar surface area (TPSA) is 92.5 Å². The minimum absolute atomic E-state index is 0.0527. The third-order valence-electron chi connectivity index (χ3n) is 4.32. The van der Waals surface area contributed by atoms with Crippen LogP contribution in [0, 0.1) is 0 Å². The van der Waals surface area contributed by atoms with Crippen LogP contribution in [0.4, 0.5) is 11.5 Å². The fourth-order valence-corrected chi connectivity index (χ4v) is 3.91. The number of benzene rings is 1. The standard InChI is InChI=1S/C16H19N3O4S/c1-11(20)19-8-7-16(2,3)13-10-12(4-5-14(13)19)24(21,22)18-15-6-9-23-17-15/h4-6,9-10H,7-8H2,1-3H3,(H,17,18). The molecule has 7 nitrogen and oxygen atoms in total. The van der Waals surface area contributed by atoms with Crippen molar-refractivity contribution in [3.8, 4) is 0 Å². The van der Waals surface area contributed by atoms with Crippen LogP contribution in [-0.2, 0) is 20.2 Å². The van der Waals surface area contributed by atoms with Gasteiger partial charge in [-0.05, 0) is 35.6 Å². The first-order valence-corrected chi connectivity index (χ1v) is 9.05. The Morgan fingerprint density at radius 2 is 2.08 bits per heavy atom. The zero-order valence-corrected chi connectivity index (χ0v) is 14.6. The summed E-state index contributed by atoms with van der Waals surface area (Å²) in [5.41, 5.74) is 1.38. The molecule has 1 aromatic heterocycles. The summed E-state index contributed by atoms with van der Waals surface area (Å²) < 4.78 is 32.1. The number of anilines is 2. The number of fused-ring (bicyclic) bond motifs is 1. The van der Waals surface area contributed by atoms with Gasteiger partial charge in [0.05, 0.1) is 4.90 Å². The van der Waals surface area contributed by atoms with E-state index in [0.29, 0.717) is 6.54 Å². The average Bonchev–Trinajstić information content (AvgIpc) is 2.98. The molecule has 1 aromatic carbocycles. The minimum Gasteiger partial charge on any atom is -0.363 e. The first kappa shape index (κ1) is 16.5. The number of hydrogen-bond acceptors (Lipinski definition) is 5. The largest absolute Gasteiger partial charge is 0.363 e. The van der Waals surface area contributed by atoms with Gasteiger partial charge >= 0.3 is 0 Å². The highest BCUT2D eigenvalue weighted by Gasteiger charge is 2.34. The maximum atomic E-state index is 12.5. The van der Waals surface area contributed by atoms with E-state index < -0.39 is 10.0 Å². The van der Waals surface area contributed by atoms with Crippen LogP contribution in [0.2, 0.25) is 0 Å². The maximum Gasteiger partial charge on any atom is 0.263 e. The number of nitrogens with one attached hydrogen (secondary N) is 1. The Bertz CT molecular complexity index is 873. The third kappa shape index (κ3) is 2.89. The fraction of sp³-hybridized carbons (Fsp3) is 0.375. The quantitative estimate of drug-likeness (QED) is 0.919. The Hall–Kier alpha value is -2.35. The highest BCUT2D eigenvalue weighted by Crippen LogP contribution is 2.40. The first-order valence-electron chi connectivity index (χ1n) is 7.56. The smallest absolute Gasteiger partial charge is 0.263 e. The molecule has 1 N–H and O–H groups in total. The van der Waals surface area contributed by atoms with E-state index in [2.05, 4.69) is 14.4 Å². The number of carbonyl (C=O) groups is 1. The second kappa shape index (κ2) is 5.62. The van der Waals surface area contributed by atoms with E-state index in [1.165, 1.54) is 25.3 Å². The van der Waals surface area contributed by atoms with Crippen molar-refractivity contribution in [3.05, 3.63) is 36.1 Å². The summed E-state index contributed by atoms with van der Waals surface area (Å²) in [5.74, 6) is 0.0698. The summed E-state index contributed by atoms with van der Waals surface area (Å²) in [6.45, 7) is 6.23. The Morgan fingerprint density at radius 3 is 2.71 bits per heavy atom. The molecule has 0 radical (unpaired) electrons. The Kier molecular flexibility index (Phi) is 3.87. The Balaban J connectivity index is 2.05. The van der Waals surface area contributed by atoms with Gasteiger partial charge in [0.25, 0.3) is 10.0 Å². The number of hydrogen-bond donors (Lipinski definition) is 1. The molecule has 0 saturated carbocycles. The lowest BCUT2D eigenvalue weighted by Crippen LogP contribution is -2.40. The van der Waals surface area contributed by atoms with Gasteiger partial charge in [-0.15, -0.1) is 0 Å². The lowest BCUT2D eigenvalue weighted by atomic mass is 9.77. The van der Waals surface area contributed by atoms with Gasteiger partial charge in [0.15, 0.2) is 5.82 Å². The predicted molar refractivity (Wildman–Crippen MR) is 89.4 cm³/mol. The summed E-state index contributed by atoms with van der Waals surface area (Å²) in [4.78, 5) is 13.7. The molecule has 128 valence electrons. The SMILES string of the molecule is CC(=O)N1CCC(C)(C)c2cc(S(=O)(=O)Nc3ccon3)ccc21. The number of aromatic nitrogens is 1. The summed E-state index contributed by atoms with van der Waals surface area (Å²) in [7, 11) is -3.78. The average molecular weight is 349 g/mol. The molecule has 0 atom stereocenters. The van der Waals surface area contributed by atoms with E-state index in [1.807, 2.05) is 13.8 Å². The van der Waals surface area contributed by atoms with Gasteiger partial charge in [-0.2, -0.15) is 0 Å². The van der Waals surface area contributed by atoms with Crippen molar-refractivity contribution in [2.45, 2.75) is 37.5 Å². The molecule has 1 aliphatic rings. The van der Waals surface area contributed by atoms with Crippen LogP contribution >= 0.6 is 0 Å². The van der Waals surface area contributed by atoms with Crippen molar-refractivity contribution >= 4 is 27.4 Å². The van der Waals surface area contributed by atoms with Gasteiger partial charge in [0.1, 0.15) is 6.26 Å². The molecular formula is C16H19N3O4S. The molecule has 2 aromatic rings. The number of amides is 1. The van der Waals surface area contributed by atoms with Crippen molar-refractivity contribution in [3.63, 3.8) is 0 Å². The highest BCUT2D eigenvalue weighted by atomic mass is 32.2. The van der Waals surface area contributed by atoms with E-state index in [4.69, 9.17) is 0 Å². The van der Waals surface area contributed by atoms with Gasteiger partial charge in [0, 0.05) is 25.2 Å². The van der Waals surface area contributed by atoms with Crippen molar-refractivity contribution < 1.29 is 17.7 Å². The number of sulfonamides is 1. The lowest BCUT2D eigenvalue weighted by molar-refractivity contribution is -0.116. The van der Waals surface area contributed by atoms with Crippen molar-refractivity contribution in [1.82, 2.24) is 5.16 Å². The summed E-state index contributed by atoms with van der Waals surface area (Å²) in [6, 6.07) is 6.25. The van der Waals surface area contributed by atoms with Gasteiger partial charge < -0.3 is 9.42 Å². The summed E-state index contributed by atoms with van der Waals surface area (Å²) in [5, 5.41) is 3.56. The molecule has 0 spiro atoms.